The minimum absolute atomic E-state index is 0.128. The van der Waals surface area contributed by atoms with Gasteiger partial charge in [-0.05, 0) is 13.8 Å². The summed E-state index contributed by atoms with van der Waals surface area (Å²) in [5.41, 5.74) is 0. The summed E-state index contributed by atoms with van der Waals surface area (Å²) in [6, 6.07) is 0.128. The molecule has 0 fully saturated rings. The van der Waals surface area contributed by atoms with Gasteiger partial charge in [-0.25, -0.2) is 8.42 Å². The van der Waals surface area contributed by atoms with Gasteiger partial charge in [0.1, 0.15) is 17.0 Å². The quantitative estimate of drug-likeness (QED) is 0.811. The van der Waals surface area contributed by atoms with E-state index in [1.165, 1.54) is 10.5 Å². The third-order valence-electron chi connectivity index (χ3n) is 3.35. The lowest BCUT2D eigenvalue weighted by Crippen LogP contribution is -2.38. The van der Waals surface area contributed by atoms with Crippen LogP contribution in [0.2, 0.25) is 0 Å². The molecule has 0 aliphatic carbocycles. The fourth-order valence-corrected chi connectivity index (χ4v) is 3.46. The van der Waals surface area contributed by atoms with Crippen molar-refractivity contribution in [2.75, 3.05) is 6.54 Å². The summed E-state index contributed by atoms with van der Waals surface area (Å²) >= 11 is 0. The third-order valence-corrected chi connectivity index (χ3v) is 5.15. The highest BCUT2D eigenvalue weighted by Crippen LogP contribution is 2.20. The molecule has 2 aromatic heterocycles. The third kappa shape index (κ3) is 2.12. The number of nitrogens with zero attached hydrogens (tertiary/aromatic N) is 6. The molecule has 0 radical (unpaired) electrons. The molecule has 2 aromatic rings. The maximum absolute atomic E-state index is 12.6. The lowest BCUT2D eigenvalue weighted by atomic mass is 10.4. The Morgan fingerprint density at radius 3 is 2.80 bits per heavy atom. The van der Waals surface area contributed by atoms with E-state index < -0.39 is 10.0 Å². The molecule has 0 saturated carbocycles. The minimum atomic E-state index is -3.53. The van der Waals surface area contributed by atoms with Crippen LogP contribution >= 0.6 is 0 Å². The first-order chi connectivity index (χ1) is 9.48. The molecule has 0 aromatic carbocycles. The number of sulfonamides is 1. The van der Waals surface area contributed by atoms with Crippen LogP contribution in [0, 0.1) is 0 Å². The van der Waals surface area contributed by atoms with Gasteiger partial charge in [0.05, 0.1) is 12.7 Å². The summed E-state index contributed by atoms with van der Waals surface area (Å²) in [6.45, 7) is 5.13. The molecule has 20 heavy (non-hydrogen) atoms. The van der Waals surface area contributed by atoms with E-state index >= 15 is 0 Å². The average molecular weight is 296 g/mol. The van der Waals surface area contributed by atoms with Crippen molar-refractivity contribution in [3.63, 3.8) is 0 Å². The van der Waals surface area contributed by atoms with Crippen LogP contribution in [0.5, 0.6) is 0 Å². The highest BCUT2D eigenvalue weighted by Gasteiger charge is 2.30. The van der Waals surface area contributed by atoms with E-state index in [2.05, 4.69) is 15.3 Å². The van der Waals surface area contributed by atoms with Crippen molar-refractivity contribution in [3.05, 3.63) is 24.5 Å². The van der Waals surface area contributed by atoms with Gasteiger partial charge in [0.15, 0.2) is 0 Å². The Morgan fingerprint density at radius 2 is 2.10 bits per heavy atom. The SMILES string of the molecule is CC(C)n1cc(S(=O)(=O)N2CCn3cnnc3C2)cn1. The number of hydrogen-bond acceptors (Lipinski definition) is 5. The van der Waals surface area contributed by atoms with Crippen LogP contribution in [0.15, 0.2) is 23.6 Å². The van der Waals surface area contributed by atoms with Crippen LogP contribution in [-0.2, 0) is 23.1 Å². The first-order valence-electron chi connectivity index (χ1n) is 6.39. The second-order valence-corrected chi connectivity index (χ2v) is 6.97. The van der Waals surface area contributed by atoms with E-state index in [-0.39, 0.29) is 17.5 Å². The van der Waals surface area contributed by atoms with Gasteiger partial charge in [-0.2, -0.15) is 9.40 Å². The molecule has 0 unspecified atom stereocenters. The molecule has 0 atom stereocenters. The van der Waals surface area contributed by atoms with E-state index in [1.807, 2.05) is 18.4 Å². The molecule has 3 rings (SSSR count). The summed E-state index contributed by atoms with van der Waals surface area (Å²) in [5.74, 6) is 0.663. The van der Waals surface area contributed by atoms with Crippen molar-refractivity contribution < 1.29 is 8.42 Å². The highest BCUT2D eigenvalue weighted by atomic mass is 32.2. The van der Waals surface area contributed by atoms with Gasteiger partial charge in [0.25, 0.3) is 0 Å². The van der Waals surface area contributed by atoms with Crippen molar-refractivity contribution >= 4 is 10.0 Å². The average Bonchev–Trinajstić information content (AvgIpc) is 3.07. The predicted molar refractivity (Wildman–Crippen MR) is 70.2 cm³/mol. The van der Waals surface area contributed by atoms with E-state index in [0.29, 0.717) is 18.9 Å². The van der Waals surface area contributed by atoms with E-state index in [4.69, 9.17) is 0 Å². The maximum Gasteiger partial charge on any atom is 0.246 e. The Kier molecular flexibility index (Phi) is 3.09. The van der Waals surface area contributed by atoms with Crippen molar-refractivity contribution in [1.29, 1.82) is 0 Å². The summed E-state index contributed by atoms with van der Waals surface area (Å²) in [7, 11) is -3.53. The normalized spacial score (nSPS) is 16.6. The number of fused-ring (bicyclic) bond motifs is 1. The molecule has 3 heterocycles. The van der Waals surface area contributed by atoms with Gasteiger partial charge in [0, 0.05) is 25.3 Å². The summed E-state index contributed by atoms with van der Waals surface area (Å²) < 4.78 is 30.1. The predicted octanol–water partition coefficient (Wildman–Crippen LogP) is 0.260. The lowest BCUT2D eigenvalue weighted by Gasteiger charge is -2.25. The minimum Gasteiger partial charge on any atom is -0.315 e. The first-order valence-corrected chi connectivity index (χ1v) is 7.83. The van der Waals surface area contributed by atoms with Crippen molar-refractivity contribution in [1.82, 2.24) is 28.9 Å². The monoisotopic (exact) mass is 296 g/mol. The zero-order valence-corrected chi connectivity index (χ0v) is 12.2. The van der Waals surface area contributed by atoms with Gasteiger partial charge in [-0.15, -0.1) is 10.2 Å². The van der Waals surface area contributed by atoms with Crippen LogP contribution < -0.4 is 0 Å². The lowest BCUT2D eigenvalue weighted by molar-refractivity contribution is 0.335. The number of hydrogen-bond donors (Lipinski definition) is 0. The second kappa shape index (κ2) is 4.67. The number of rotatable bonds is 3. The summed E-state index contributed by atoms with van der Waals surface area (Å²) in [4.78, 5) is 0.221. The van der Waals surface area contributed by atoms with Crippen LogP contribution in [0.4, 0.5) is 0 Å². The molecular weight excluding hydrogens is 280 g/mol. The molecule has 1 aliphatic rings. The van der Waals surface area contributed by atoms with Gasteiger partial charge in [-0.3, -0.25) is 4.68 Å². The van der Waals surface area contributed by atoms with Crippen molar-refractivity contribution in [2.45, 2.75) is 37.9 Å². The zero-order chi connectivity index (χ0) is 14.3. The van der Waals surface area contributed by atoms with E-state index in [0.717, 1.165) is 0 Å². The Morgan fingerprint density at radius 1 is 1.30 bits per heavy atom. The van der Waals surface area contributed by atoms with Crippen LogP contribution in [0.3, 0.4) is 0 Å². The first kappa shape index (κ1) is 13.3. The topological polar surface area (TPSA) is 85.9 Å². The van der Waals surface area contributed by atoms with Crippen LogP contribution in [-0.4, -0.2) is 43.8 Å². The molecule has 8 nitrogen and oxygen atoms in total. The Hall–Kier alpha value is -1.74. The van der Waals surface area contributed by atoms with Gasteiger partial charge >= 0.3 is 0 Å². The Balaban J connectivity index is 1.89. The summed E-state index contributed by atoms with van der Waals surface area (Å²) in [6.07, 6.45) is 4.59. The van der Waals surface area contributed by atoms with Gasteiger partial charge in [-0.1, -0.05) is 0 Å². The fourth-order valence-electron chi connectivity index (χ4n) is 2.13. The van der Waals surface area contributed by atoms with E-state index in [1.54, 1.807) is 17.2 Å². The molecular formula is C11H16N6O2S. The summed E-state index contributed by atoms with van der Waals surface area (Å²) in [5, 5.41) is 11.8. The maximum atomic E-state index is 12.6. The fraction of sp³-hybridized carbons (Fsp3) is 0.545. The standard InChI is InChI=1S/C11H16N6O2S/c1-9(2)17-6-10(5-13-17)20(18,19)16-4-3-15-8-12-14-11(15)7-16/h5-6,8-9H,3-4,7H2,1-2H3. The largest absolute Gasteiger partial charge is 0.315 e. The van der Waals surface area contributed by atoms with Crippen LogP contribution in [0.25, 0.3) is 0 Å². The molecule has 1 aliphatic heterocycles. The number of aromatic nitrogens is 5. The molecule has 0 saturated heterocycles. The molecule has 108 valence electrons. The zero-order valence-electron chi connectivity index (χ0n) is 11.3. The molecule has 0 bridgehead atoms. The highest BCUT2D eigenvalue weighted by molar-refractivity contribution is 7.89. The molecule has 9 heteroatoms. The van der Waals surface area contributed by atoms with Crippen molar-refractivity contribution in [2.24, 2.45) is 0 Å². The Labute approximate surface area is 117 Å². The second-order valence-electron chi connectivity index (χ2n) is 5.03. The van der Waals surface area contributed by atoms with Crippen LogP contribution in [0.1, 0.15) is 25.7 Å². The van der Waals surface area contributed by atoms with Gasteiger partial charge in [0.2, 0.25) is 10.0 Å². The Bertz CT molecular complexity index is 717. The smallest absolute Gasteiger partial charge is 0.246 e. The van der Waals surface area contributed by atoms with Crippen molar-refractivity contribution in [3.8, 4) is 0 Å². The molecule has 0 spiro atoms. The molecule has 0 amide bonds. The van der Waals surface area contributed by atoms with Gasteiger partial charge < -0.3 is 4.57 Å². The van der Waals surface area contributed by atoms with E-state index in [9.17, 15) is 8.42 Å². The molecule has 0 N–H and O–H groups in total.